The molecule has 4 aromatic rings. The largest absolute Gasteiger partial charge is 0.459 e. The van der Waals surface area contributed by atoms with E-state index < -0.39 is 0 Å². The molecule has 0 saturated carbocycles. The van der Waals surface area contributed by atoms with Crippen molar-refractivity contribution in [2.75, 3.05) is 31.5 Å². The minimum Gasteiger partial charge on any atom is -0.459 e. The molecular weight excluding hydrogens is 454 g/mol. The summed E-state index contributed by atoms with van der Waals surface area (Å²) >= 11 is 5.93. The second-order valence-corrected chi connectivity index (χ2v) is 8.73. The fourth-order valence-corrected chi connectivity index (χ4v) is 4.28. The number of rotatable bonds is 5. The Morgan fingerprint density at radius 1 is 1.06 bits per heavy atom. The van der Waals surface area contributed by atoms with Crippen LogP contribution in [0.25, 0.3) is 11.0 Å². The van der Waals surface area contributed by atoms with Gasteiger partial charge in [-0.25, -0.2) is 4.98 Å². The zero-order chi connectivity index (χ0) is 23.7. The number of aryl methyl sites for hydroxylation is 1. The Labute approximate surface area is 201 Å². The molecule has 1 N–H and O–H groups in total. The number of furan rings is 1. The fraction of sp³-hybridized carbons (Fsp3) is 0.240. The molecule has 0 aliphatic carbocycles. The molecule has 8 nitrogen and oxygen atoms in total. The molecule has 1 aliphatic rings. The number of anilines is 1. The minimum atomic E-state index is -0.300. The van der Waals surface area contributed by atoms with Crippen molar-refractivity contribution in [1.82, 2.24) is 19.4 Å². The average Bonchev–Trinajstić information content (AvgIpc) is 3.49. The van der Waals surface area contributed by atoms with Crippen LogP contribution in [0.3, 0.4) is 0 Å². The van der Waals surface area contributed by atoms with Gasteiger partial charge >= 0.3 is 0 Å². The lowest BCUT2D eigenvalue weighted by Crippen LogP contribution is -2.48. The molecule has 34 heavy (non-hydrogen) atoms. The second-order valence-electron chi connectivity index (χ2n) is 8.30. The van der Waals surface area contributed by atoms with Gasteiger partial charge in [0.05, 0.1) is 23.8 Å². The third kappa shape index (κ3) is 4.55. The van der Waals surface area contributed by atoms with Crippen LogP contribution >= 0.6 is 11.6 Å². The summed E-state index contributed by atoms with van der Waals surface area (Å²) in [5.41, 5.74) is 3.12. The molecule has 174 valence electrons. The number of fused-ring (bicyclic) bond motifs is 1. The lowest BCUT2D eigenvalue weighted by molar-refractivity contribution is 0.0624. The molecule has 2 aromatic heterocycles. The van der Waals surface area contributed by atoms with Crippen LogP contribution < -0.4 is 5.32 Å². The Bertz CT molecular complexity index is 1320. The van der Waals surface area contributed by atoms with Crippen molar-refractivity contribution >= 4 is 40.1 Å². The number of hydrogen-bond acceptors (Lipinski definition) is 5. The third-order valence-electron chi connectivity index (χ3n) is 6.09. The van der Waals surface area contributed by atoms with E-state index in [9.17, 15) is 9.59 Å². The molecule has 0 radical (unpaired) electrons. The number of amides is 2. The highest BCUT2D eigenvalue weighted by molar-refractivity contribution is 6.30. The lowest BCUT2D eigenvalue weighted by atomic mass is 10.2. The molecule has 2 aromatic carbocycles. The third-order valence-corrected chi connectivity index (χ3v) is 6.34. The molecule has 2 amide bonds. The molecule has 3 heterocycles. The van der Waals surface area contributed by atoms with Gasteiger partial charge in [0.1, 0.15) is 5.82 Å². The Balaban J connectivity index is 1.22. The lowest BCUT2D eigenvalue weighted by Gasteiger charge is -2.34. The van der Waals surface area contributed by atoms with Gasteiger partial charge in [0.25, 0.3) is 11.8 Å². The van der Waals surface area contributed by atoms with E-state index in [0.717, 1.165) is 29.9 Å². The van der Waals surface area contributed by atoms with Crippen LogP contribution in [0.5, 0.6) is 0 Å². The summed E-state index contributed by atoms with van der Waals surface area (Å²) in [5.74, 6) is 0.923. The highest BCUT2D eigenvalue weighted by atomic mass is 35.5. The average molecular weight is 478 g/mol. The molecule has 0 bridgehead atoms. The first-order chi connectivity index (χ1) is 16.5. The SMILES string of the molecule is Cn1c(CN2CCN(C(=O)c3ccc(Cl)cc3)CC2)nc2cc(NC(=O)c3ccco3)ccc21. The summed E-state index contributed by atoms with van der Waals surface area (Å²) in [6.07, 6.45) is 1.47. The highest BCUT2D eigenvalue weighted by Crippen LogP contribution is 2.22. The molecule has 5 rings (SSSR count). The van der Waals surface area contributed by atoms with E-state index in [1.807, 2.05) is 30.1 Å². The molecule has 0 atom stereocenters. The molecule has 1 aliphatic heterocycles. The van der Waals surface area contributed by atoms with Crippen LogP contribution in [0.2, 0.25) is 5.02 Å². The number of carbonyl (C=O) groups excluding carboxylic acids is 2. The molecule has 9 heteroatoms. The van der Waals surface area contributed by atoms with E-state index in [2.05, 4.69) is 14.8 Å². The number of nitrogens with zero attached hydrogens (tertiary/aromatic N) is 4. The molecule has 1 saturated heterocycles. The normalized spacial score (nSPS) is 14.5. The number of halogens is 1. The number of piperazine rings is 1. The van der Waals surface area contributed by atoms with Crippen LogP contribution in [0.4, 0.5) is 5.69 Å². The number of carbonyl (C=O) groups is 2. The monoisotopic (exact) mass is 477 g/mol. The summed E-state index contributed by atoms with van der Waals surface area (Å²) in [6, 6.07) is 16.0. The fourth-order valence-electron chi connectivity index (χ4n) is 4.15. The van der Waals surface area contributed by atoms with Gasteiger partial charge in [0.2, 0.25) is 0 Å². The molecular formula is C25H24ClN5O3. The summed E-state index contributed by atoms with van der Waals surface area (Å²) in [5, 5.41) is 3.46. The first-order valence-electron chi connectivity index (χ1n) is 11.1. The number of imidazole rings is 1. The summed E-state index contributed by atoms with van der Waals surface area (Å²) in [4.78, 5) is 34.0. The van der Waals surface area contributed by atoms with Crippen LogP contribution in [-0.2, 0) is 13.6 Å². The van der Waals surface area contributed by atoms with Gasteiger partial charge in [-0.05, 0) is 54.6 Å². The first kappa shape index (κ1) is 22.2. The predicted octanol–water partition coefficient (Wildman–Crippen LogP) is 4.03. The second kappa shape index (κ2) is 9.32. The molecule has 0 unspecified atom stereocenters. The van der Waals surface area contributed by atoms with Gasteiger partial charge < -0.3 is 19.2 Å². The van der Waals surface area contributed by atoms with Gasteiger partial charge in [-0.15, -0.1) is 0 Å². The van der Waals surface area contributed by atoms with Gasteiger partial charge in [-0.1, -0.05) is 11.6 Å². The smallest absolute Gasteiger partial charge is 0.291 e. The molecule has 0 spiro atoms. The first-order valence-corrected chi connectivity index (χ1v) is 11.4. The van der Waals surface area contributed by atoms with E-state index in [0.29, 0.717) is 35.9 Å². The summed E-state index contributed by atoms with van der Waals surface area (Å²) in [7, 11) is 1.99. The van der Waals surface area contributed by atoms with Crippen LogP contribution in [0.15, 0.2) is 65.3 Å². The van der Waals surface area contributed by atoms with Gasteiger partial charge in [-0.2, -0.15) is 0 Å². The van der Waals surface area contributed by atoms with Crippen molar-refractivity contribution in [2.24, 2.45) is 7.05 Å². The minimum absolute atomic E-state index is 0.0307. The number of hydrogen-bond donors (Lipinski definition) is 1. The molecule has 1 fully saturated rings. The van der Waals surface area contributed by atoms with E-state index in [4.69, 9.17) is 21.0 Å². The number of benzene rings is 2. The summed E-state index contributed by atoms with van der Waals surface area (Å²) < 4.78 is 7.22. The van der Waals surface area contributed by atoms with E-state index in [-0.39, 0.29) is 17.6 Å². The zero-order valence-electron chi connectivity index (χ0n) is 18.7. The van der Waals surface area contributed by atoms with Crippen molar-refractivity contribution in [1.29, 1.82) is 0 Å². The Hall–Kier alpha value is -3.62. The quantitative estimate of drug-likeness (QED) is 0.469. The van der Waals surface area contributed by atoms with Crippen molar-refractivity contribution in [3.05, 3.63) is 83.0 Å². The van der Waals surface area contributed by atoms with Gasteiger partial charge in [-0.3, -0.25) is 14.5 Å². The zero-order valence-corrected chi connectivity index (χ0v) is 19.5. The maximum absolute atomic E-state index is 12.7. The highest BCUT2D eigenvalue weighted by Gasteiger charge is 2.23. The van der Waals surface area contributed by atoms with Crippen molar-refractivity contribution < 1.29 is 14.0 Å². The number of nitrogens with one attached hydrogen (secondary N) is 1. The number of aromatic nitrogens is 2. The predicted molar refractivity (Wildman–Crippen MR) is 130 cm³/mol. The Morgan fingerprint density at radius 2 is 1.82 bits per heavy atom. The topological polar surface area (TPSA) is 83.6 Å². The van der Waals surface area contributed by atoms with Crippen molar-refractivity contribution in [3.63, 3.8) is 0 Å². The van der Waals surface area contributed by atoms with Gasteiger partial charge in [0.15, 0.2) is 5.76 Å². The standard InChI is InChI=1S/C25H24ClN5O3/c1-29-21-9-8-19(27-24(32)22-3-2-14-34-22)15-20(21)28-23(29)16-30-10-12-31(13-11-30)25(33)17-4-6-18(26)7-5-17/h2-9,14-15H,10-13,16H2,1H3,(H,27,32). The van der Waals surface area contributed by atoms with E-state index >= 15 is 0 Å². The van der Waals surface area contributed by atoms with Gasteiger partial charge in [0, 0.05) is 49.5 Å². The van der Waals surface area contributed by atoms with Crippen LogP contribution in [0, 0.1) is 0 Å². The summed E-state index contributed by atoms with van der Waals surface area (Å²) in [6.45, 7) is 3.55. The Kier molecular flexibility index (Phi) is 6.08. The maximum atomic E-state index is 12.7. The van der Waals surface area contributed by atoms with E-state index in [1.165, 1.54) is 6.26 Å². The van der Waals surface area contributed by atoms with E-state index in [1.54, 1.807) is 36.4 Å². The van der Waals surface area contributed by atoms with Crippen molar-refractivity contribution in [2.45, 2.75) is 6.54 Å². The van der Waals surface area contributed by atoms with Crippen LogP contribution in [-0.4, -0.2) is 57.3 Å². The van der Waals surface area contributed by atoms with Crippen molar-refractivity contribution in [3.8, 4) is 0 Å². The Morgan fingerprint density at radius 3 is 2.53 bits per heavy atom. The maximum Gasteiger partial charge on any atom is 0.291 e. The van der Waals surface area contributed by atoms with Crippen LogP contribution in [0.1, 0.15) is 26.7 Å².